The Labute approximate surface area is 120 Å². The molecule has 5 nitrogen and oxygen atoms in total. The van der Waals surface area contributed by atoms with E-state index in [9.17, 15) is 9.59 Å². The van der Waals surface area contributed by atoms with Crippen LogP contribution in [0.3, 0.4) is 0 Å². The van der Waals surface area contributed by atoms with Gasteiger partial charge in [0.2, 0.25) is 5.91 Å². The highest BCUT2D eigenvalue weighted by Gasteiger charge is 2.19. The molecule has 0 atom stereocenters. The molecule has 1 heterocycles. The molecule has 1 aromatic heterocycles. The highest BCUT2D eigenvalue weighted by atomic mass is 32.1. The third kappa shape index (κ3) is 3.03. The molecule has 6 heteroatoms. The van der Waals surface area contributed by atoms with Crippen LogP contribution >= 0.6 is 11.5 Å². The third-order valence-corrected chi connectivity index (χ3v) is 3.80. The van der Waals surface area contributed by atoms with Crippen molar-refractivity contribution in [2.24, 2.45) is 0 Å². The van der Waals surface area contributed by atoms with E-state index in [0.717, 1.165) is 22.7 Å². The van der Waals surface area contributed by atoms with Crippen LogP contribution in [0.25, 0.3) is 0 Å². The van der Waals surface area contributed by atoms with Gasteiger partial charge in [0.25, 0.3) is 0 Å². The Morgan fingerprint density at radius 2 is 2.00 bits per heavy atom. The van der Waals surface area contributed by atoms with Crippen molar-refractivity contribution in [1.82, 2.24) is 4.37 Å². The van der Waals surface area contributed by atoms with E-state index in [1.165, 1.54) is 0 Å². The summed E-state index contributed by atoms with van der Waals surface area (Å²) in [5, 5.41) is 12.0. The number of carboxylic acid groups (broad SMARTS) is 1. The minimum Gasteiger partial charge on any atom is -0.478 e. The number of hydrogen-bond acceptors (Lipinski definition) is 4. The quantitative estimate of drug-likeness (QED) is 0.907. The summed E-state index contributed by atoms with van der Waals surface area (Å²) < 4.78 is 3.96. The summed E-state index contributed by atoms with van der Waals surface area (Å²) in [6, 6.07) is 7.59. The fourth-order valence-electron chi connectivity index (χ4n) is 1.86. The number of aromatic nitrogens is 1. The van der Waals surface area contributed by atoms with Gasteiger partial charge in [-0.2, -0.15) is 4.37 Å². The average Bonchev–Trinajstić information content (AvgIpc) is 2.73. The lowest BCUT2D eigenvalue weighted by Gasteiger charge is -2.06. The van der Waals surface area contributed by atoms with E-state index >= 15 is 0 Å². The van der Waals surface area contributed by atoms with Crippen molar-refractivity contribution in [3.63, 3.8) is 0 Å². The standard InChI is InChI=1S/C14H14N2O3S/c1-8-5-3-4-6-10(8)7-11(17)15-13-12(14(18)19)9(2)16-20-13/h3-6H,7H2,1-2H3,(H,15,17)(H,18,19). The highest BCUT2D eigenvalue weighted by Crippen LogP contribution is 2.24. The van der Waals surface area contributed by atoms with E-state index in [1.807, 2.05) is 31.2 Å². The maximum atomic E-state index is 12.0. The van der Waals surface area contributed by atoms with Crippen LogP contribution in [0.2, 0.25) is 0 Å². The Morgan fingerprint density at radius 3 is 2.65 bits per heavy atom. The summed E-state index contributed by atoms with van der Waals surface area (Å²) in [6.07, 6.45) is 0.211. The van der Waals surface area contributed by atoms with Crippen molar-refractivity contribution >= 4 is 28.4 Å². The van der Waals surface area contributed by atoms with Gasteiger partial charge in [-0.25, -0.2) is 4.79 Å². The topological polar surface area (TPSA) is 79.3 Å². The van der Waals surface area contributed by atoms with E-state index in [4.69, 9.17) is 5.11 Å². The molecule has 0 saturated carbocycles. The van der Waals surface area contributed by atoms with Gasteiger partial charge in [0, 0.05) is 0 Å². The first-order chi connectivity index (χ1) is 9.49. The molecule has 2 aromatic rings. The number of aromatic carboxylic acids is 1. The van der Waals surface area contributed by atoms with E-state index in [1.54, 1.807) is 6.92 Å². The number of aryl methyl sites for hydroxylation is 2. The normalized spacial score (nSPS) is 10.3. The lowest BCUT2D eigenvalue weighted by Crippen LogP contribution is -2.16. The molecule has 20 heavy (non-hydrogen) atoms. The molecule has 0 aliphatic heterocycles. The molecule has 0 radical (unpaired) electrons. The van der Waals surface area contributed by atoms with E-state index in [-0.39, 0.29) is 22.9 Å². The van der Waals surface area contributed by atoms with Gasteiger partial charge in [-0.1, -0.05) is 24.3 Å². The zero-order valence-electron chi connectivity index (χ0n) is 11.1. The molecule has 0 aliphatic carbocycles. The number of rotatable bonds is 4. The van der Waals surface area contributed by atoms with Crippen LogP contribution in [-0.2, 0) is 11.2 Å². The zero-order chi connectivity index (χ0) is 14.7. The SMILES string of the molecule is Cc1ccccc1CC(=O)Nc1snc(C)c1C(=O)O. The Kier molecular flexibility index (Phi) is 4.14. The lowest BCUT2D eigenvalue weighted by atomic mass is 10.1. The monoisotopic (exact) mass is 290 g/mol. The van der Waals surface area contributed by atoms with Gasteiger partial charge in [-0.05, 0) is 36.5 Å². The van der Waals surface area contributed by atoms with Gasteiger partial charge in [0.1, 0.15) is 10.6 Å². The van der Waals surface area contributed by atoms with Crippen molar-refractivity contribution in [3.05, 3.63) is 46.6 Å². The molecule has 0 bridgehead atoms. The summed E-state index contributed by atoms with van der Waals surface area (Å²) in [5.41, 5.74) is 2.42. The van der Waals surface area contributed by atoms with Gasteiger partial charge < -0.3 is 10.4 Å². The summed E-state index contributed by atoms with van der Waals surface area (Å²) in [5.74, 6) is -1.33. The van der Waals surface area contributed by atoms with Crippen LogP contribution in [0.15, 0.2) is 24.3 Å². The molecule has 0 fully saturated rings. The van der Waals surface area contributed by atoms with Gasteiger partial charge in [-0.15, -0.1) is 0 Å². The first-order valence-corrected chi connectivity index (χ1v) is 6.80. The van der Waals surface area contributed by atoms with Gasteiger partial charge in [0.15, 0.2) is 0 Å². The van der Waals surface area contributed by atoms with E-state index < -0.39 is 5.97 Å². The molecule has 1 amide bonds. The predicted octanol–water partition coefficient (Wildman–Crippen LogP) is 2.64. The molecule has 2 N–H and O–H groups in total. The average molecular weight is 290 g/mol. The van der Waals surface area contributed by atoms with Crippen LogP contribution in [0.5, 0.6) is 0 Å². The Hall–Kier alpha value is -2.21. The molecule has 1 aromatic carbocycles. The molecule has 0 unspecified atom stereocenters. The Morgan fingerprint density at radius 1 is 1.30 bits per heavy atom. The van der Waals surface area contributed by atoms with Crippen LogP contribution in [0, 0.1) is 13.8 Å². The summed E-state index contributed by atoms with van der Waals surface area (Å²) in [7, 11) is 0. The number of nitrogens with one attached hydrogen (secondary N) is 1. The summed E-state index contributed by atoms with van der Waals surface area (Å²) in [6.45, 7) is 3.54. The minimum atomic E-state index is -1.08. The third-order valence-electron chi connectivity index (χ3n) is 2.94. The van der Waals surface area contributed by atoms with Gasteiger partial charge in [-0.3, -0.25) is 4.79 Å². The fourth-order valence-corrected chi connectivity index (χ4v) is 2.66. The number of benzene rings is 1. The summed E-state index contributed by atoms with van der Waals surface area (Å²) >= 11 is 0.985. The molecule has 2 rings (SSSR count). The van der Waals surface area contributed by atoms with Crippen molar-refractivity contribution in [2.75, 3.05) is 5.32 Å². The molecular weight excluding hydrogens is 276 g/mol. The number of carbonyl (C=O) groups excluding carboxylic acids is 1. The van der Waals surface area contributed by atoms with Crippen molar-refractivity contribution in [2.45, 2.75) is 20.3 Å². The second kappa shape index (κ2) is 5.83. The highest BCUT2D eigenvalue weighted by molar-refractivity contribution is 7.11. The summed E-state index contributed by atoms with van der Waals surface area (Å²) in [4.78, 5) is 23.1. The van der Waals surface area contributed by atoms with Crippen molar-refractivity contribution < 1.29 is 14.7 Å². The lowest BCUT2D eigenvalue weighted by molar-refractivity contribution is -0.115. The largest absolute Gasteiger partial charge is 0.478 e. The second-order valence-electron chi connectivity index (χ2n) is 4.43. The molecule has 0 aliphatic rings. The number of carboxylic acids is 1. The number of anilines is 1. The second-order valence-corrected chi connectivity index (χ2v) is 5.20. The van der Waals surface area contributed by atoms with Crippen molar-refractivity contribution in [3.8, 4) is 0 Å². The Balaban J connectivity index is 2.13. The fraction of sp³-hybridized carbons (Fsp3) is 0.214. The maximum absolute atomic E-state index is 12.0. The first kappa shape index (κ1) is 14.2. The van der Waals surface area contributed by atoms with Crippen LogP contribution in [0.4, 0.5) is 5.00 Å². The predicted molar refractivity (Wildman–Crippen MR) is 77.3 cm³/mol. The van der Waals surface area contributed by atoms with Gasteiger partial charge in [0.05, 0.1) is 12.1 Å². The van der Waals surface area contributed by atoms with E-state index in [2.05, 4.69) is 9.69 Å². The van der Waals surface area contributed by atoms with Crippen LogP contribution in [-0.4, -0.2) is 21.4 Å². The number of carbonyl (C=O) groups is 2. The Bertz CT molecular complexity index is 664. The van der Waals surface area contributed by atoms with Crippen LogP contribution in [0.1, 0.15) is 27.2 Å². The van der Waals surface area contributed by atoms with Crippen LogP contribution < -0.4 is 5.32 Å². The smallest absolute Gasteiger partial charge is 0.340 e. The maximum Gasteiger partial charge on any atom is 0.340 e. The minimum absolute atomic E-state index is 0.0631. The molecular formula is C14H14N2O3S. The number of amides is 1. The molecule has 0 spiro atoms. The number of hydrogen-bond donors (Lipinski definition) is 2. The van der Waals surface area contributed by atoms with Crippen molar-refractivity contribution in [1.29, 1.82) is 0 Å². The zero-order valence-corrected chi connectivity index (χ0v) is 12.0. The number of nitrogens with zero attached hydrogens (tertiary/aromatic N) is 1. The van der Waals surface area contributed by atoms with Gasteiger partial charge >= 0.3 is 5.97 Å². The van der Waals surface area contributed by atoms with E-state index in [0.29, 0.717) is 5.69 Å². The molecule has 104 valence electrons. The first-order valence-electron chi connectivity index (χ1n) is 6.03. The molecule has 0 saturated heterocycles.